The van der Waals surface area contributed by atoms with E-state index in [1.165, 1.54) is 0 Å². The number of halogens is 1. The number of hydrogen-bond donors (Lipinski definition) is 0. The Morgan fingerprint density at radius 1 is 1.24 bits per heavy atom. The highest BCUT2D eigenvalue weighted by Crippen LogP contribution is 2.16. The fraction of sp³-hybridized carbons (Fsp3) is 0. The van der Waals surface area contributed by atoms with Crippen LogP contribution in [0.25, 0.3) is 0 Å². The molecule has 0 atom stereocenters. The van der Waals surface area contributed by atoms with Gasteiger partial charge in [-0.1, -0.05) is 11.6 Å². The van der Waals surface area contributed by atoms with Crippen molar-refractivity contribution in [1.29, 1.82) is 5.26 Å². The molecule has 2 aromatic rings. The first-order valence-corrected chi connectivity index (χ1v) is 5.32. The summed E-state index contributed by atoms with van der Waals surface area (Å²) < 4.78 is 0. The summed E-state index contributed by atoms with van der Waals surface area (Å²) >= 11 is 5.77. The molecule has 0 aliphatic carbocycles. The molecule has 1 heterocycles. The fourth-order valence-electron chi connectivity index (χ4n) is 1.28. The van der Waals surface area contributed by atoms with Crippen molar-refractivity contribution < 1.29 is 0 Å². The third-order valence-electron chi connectivity index (χ3n) is 2.12. The smallest absolute Gasteiger partial charge is 0.101 e. The first-order chi connectivity index (χ1) is 8.29. The lowest BCUT2D eigenvalue weighted by Gasteiger charge is -1.96. The predicted molar refractivity (Wildman–Crippen MR) is 67.7 cm³/mol. The molecule has 0 radical (unpaired) electrons. The Hall–Kier alpha value is -2.18. The van der Waals surface area contributed by atoms with Crippen molar-refractivity contribution in [2.24, 2.45) is 4.99 Å². The molecule has 0 saturated carbocycles. The largest absolute Gasteiger partial charge is 0.255 e. The van der Waals surface area contributed by atoms with E-state index in [1.54, 1.807) is 48.8 Å². The number of nitriles is 1. The maximum absolute atomic E-state index is 8.88. The van der Waals surface area contributed by atoms with Crippen molar-refractivity contribution >= 4 is 23.5 Å². The molecular weight excluding hydrogens is 234 g/mol. The third-order valence-corrected chi connectivity index (χ3v) is 2.37. The summed E-state index contributed by atoms with van der Waals surface area (Å²) in [4.78, 5) is 8.31. The monoisotopic (exact) mass is 241 g/mol. The van der Waals surface area contributed by atoms with Gasteiger partial charge in [0.25, 0.3) is 0 Å². The van der Waals surface area contributed by atoms with Gasteiger partial charge in [0.1, 0.15) is 6.07 Å². The van der Waals surface area contributed by atoms with Crippen LogP contribution in [0, 0.1) is 11.3 Å². The molecule has 2 rings (SSSR count). The molecule has 0 bridgehead atoms. The predicted octanol–water partition coefficient (Wildman–Crippen LogP) is 3.36. The SMILES string of the molecule is N#Cc1cccnc1C=Nc1ccc(Cl)cc1. The second-order valence-electron chi connectivity index (χ2n) is 3.28. The van der Waals surface area contributed by atoms with E-state index in [0.717, 1.165) is 5.69 Å². The van der Waals surface area contributed by atoms with Gasteiger partial charge in [0.15, 0.2) is 0 Å². The second kappa shape index (κ2) is 5.24. The van der Waals surface area contributed by atoms with Gasteiger partial charge in [0.2, 0.25) is 0 Å². The quantitative estimate of drug-likeness (QED) is 0.757. The molecule has 1 aromatic heterocycles. The van der Waals surface area contributed by atoms with Crippen LogP contribution >= 0.6 is 11.6 Å². The minimum Gasteiger partial charge on any atom is -0.255 e. The number of pyridine rings is 1. The number of aromatic nitrogens is 1. The summed E-state index contributed by atoms with van der Waals surface area (Å²) in [5.74, 6) is 0. The van der Waals surface area contributed by atoms with Crippen LogP contribution < -0.4 is 0 Å². The number of rotatable bonds is 2. The van der Waals surface area contributed by atoms with Gasteiger partial charge < -0.3 is 0 Å². The molecule has 0 fully saturated rings. The average Bonchev–Trinajstić information content (AvgIpc) is 2.38. The summed E-state index contributed by atoms with van der Waals surface area (Å²) in [5, 5.41) is 9.55. The molecule has 3 nitrogen and oxygen atoms in total. The van der Waals surface area contributed by atoms with E-state index in [2.05, 4.69) is 16.0 Å². The normalized spacial score (nSPS) is 10.4. The summed E-state index contributed by atoms with van der Waals surface area (Å²) in [5.41, 5.74) is 1.83. The van der Waals surface area contributed by atoms with Crippen LogP contribution in [0.2, 0.25) is 5.02 Å². The van der Waals surface area contributed by atoms with Crippen LogP contribution in [0.1, 0.15) is 11.3 Å². The Labute approximate surface area is 104 Å². The summed E-state index contributed by atoms with van der Waals surface area (Å²) in [6.45, 7) is 0. The van der Waals surface area contributed by atoms with Crippen LogP contribution in [-0.2, 0) is 0 Å². The van der Waals surface area contributed by atoms with Crippen LogP contribution in [-0.4, -0.2) is 11.2 Å². The Bertz CT molecular complexity index is 582. The van der Waals surface area contributed by atoms with Crippen molar-refractivity contribution in [3.05, 3.63) is 58.9 Å². The second-order valence-corrected chi connectivity index (χ2v) is 3.72. The van der Waals surface area contributed by atoms with Crippen molar-refractivity contribution in [3.63, 3.8) is 0 Å². The number of hydrogen-bond acceptors (Lipinski definition) is 3. The Kier molecular flexibility index (Phi) is 3.49. The van der Waals surface area contributed by atoms with Gasteiger partial charge in [-0.15, -0.1) is 0 Å². The lowest BCUT2D eigenvalue weighted by Crippen LogP contribution is -1.91. The molecule has 0 unspecified atom stereocenters. The van der Waals surface area contributed by atoms with Crippen LogP contribution in [0.3, 0.4) is 0 Å². The van der Waals surface area contributed by atoms with Gasteiger partial charge in [0.05, 0.1) is 23.2 Å². The minimum absolute atomic E-state index is 0.505. The number of nitrogens with zero attached hydrogens (tertiary/aromatic N) is 3. The van der Waals surface area contributed by atoms with Crippen molar-refractivity contribution in [2.75, 3.05) is 0 Å². The molecule has 0 aliphatic rings. The zero-order valence-corrected chi connectivity index (χ0v) is 9.59. The summed E-state index contributed by atoms with van der Waals surface area (Å²) in [7, 11) is 0. The standard InChI is InChI=1S/C13H8ClN3/c14-11-3-5-12(6-4-11)17-9-13-10(8-15)2-1-7-16-13/h1-7,9H. The van der Waals surface area contributed by atoms with E-state index >= 15 is 0 Å². The Morgan fingerprint density at radius 2 is 2.00 bits per heavy atom. The molecule has 0 amide bonds. The van der Waals surface area contributed by atoms with Crippen molar-refractivity contribution in [3.8, 4) is 6.07 Å². The fourth-order valence-corrected chi connectivity index (χ4v) is 1.40. The highest BCUT2D eigenvalue weighted by Gasteiger charge is 1.98. The van der Waals surface area contributed by atoms with E-state index in [-0.39, 0.29) is 0 Å². The van der Waals surface area contributed by atoms with Crippen molar-refractivity contribution in [2.45, 2.75) is 0 Å². The molecule has 0 N–H and O–H groups in total. The lowest BCUT2D eigenvalue weighted by molar-refractivity contribution is 1.27. The Morgan fingerprint density at radius 3 is 2.71 bits per heavy atom. The van der Waals surface area contributed by atoms with Gasteiger partial charge in [-0.2, -0.15) is 5.26 Å². The average molecular weight is 242 g/mol. The molecular formula is C13H8ClN3. The molecule has 1 aromatic carbocycles. The highest BCUT2D eigenvalue weighted by molar-refractivity contribution is 6.30. The zero-order chi connectivity index (χ0) is 12.1. The van der Waals surface area contributed by atoms with Crippen molar-refractivity contribution in [1.82, 2.24) is 4.98 Å². The Balaban J connectivity index is 2.26. The minimum atomic E-state index is 0.505. The molecule has 4 heteroatoms. The first kappa shape index (κ1) is 11.3. The number of benzene rings is 1. The third kappa shape index (κ3) is 2.90. The molecule has 17 heavy (non-hydrogen) atoms. The molecule has 0 saturated heterocycles. The lowest BCUT2D eigenvalue weighted by atomic mass is 10.2. The van der Waals surface area contributed by atoms with Gasteiger partial charge in [0, 0.05) is 11.2 Å². The van der Waals surface area contributed by atoms with Crippen LogP contribution in [0.5, 0.6) is 0 Å². The maximum Gasteiger partial charge on any atom is 0.101 e. The van der Waals surface area contributed by atoms with Gasteiger partial charge >= 0.3 is 0 Å². The highest BCUT2D eigenvalue weighted by atomic mass is 35.5. The van der Waals surface area contributed by atoms with E-state index in [1.807, 2.05) is 0 Å². The van der Waals surface area contributed by atoms with E-state index < -0.39 is 0 Å². The van der Waals surface area contributed by atoms with E-state index in [0.29, 0.717) is 16.3 Å². The van der Waals surface area contributed by atoms with Crippen LogP contribution in [0.4, 0.5) is 5.69 Å². The molecule has 0 spiro atoms. The van der Waals surface area contributed by atoms with Gasteiger partial charge in [-0.05, 0) is 36.4 Å². The van der Waals surface area contributed by atoms with E-state index in [9.17, 15) is 0 Å². The van der Waals surface area contributed by atoms with Gasteiger partial charge in [-0.3, -0.25) is 9.98 Å². The topological polar surface area (TPSA) is 49.0 Å². The number of aliphatic imine (C=N–C) groups is 1. The van der Waals surface area contributed by atoms with E-state index in [4.69, 9.17) is 16.9 Å². The molecule has 0 aliphatic heterocycles. The summed E-state index contributed by atoms with van der Waals surface area (Å²) in [6, 6.07) is 12.6. The molecule has 82 valence electrons. The maximum atomic E-state index is 8.88. The first-order valence-electron chi connectivity index (χ1n) is 4.94. The summed E-state index contributed by atoms with van der Waals surface area (Å²) in [6.07, 6.45) is 3.20. The zero-order valence-electron chi connectivity index (χ0n) is 8.84. The van der Waals surface area contributed by atoms with Crippen LogP contribution in [0.15, 0.2) is 47.6 Å². The van der Waals surface area contributed by atoms with Gasteiger partial charge in [-0.25, -0.2) is 0 Å².